The number of aliphatic carboxylic acids is 1. The summed E-state index contributed by atoms with van der Waals surface area (Å²) in [4.78, 5) is 11.2. The number of halogens is 3. The largest absolute Gasteiger partial charge is 0.481 e. The van der Waals surface area contributed by atoms with E-state index in [1.54, 1.807) is 0 Å². The highest BCUT2D eigenvalue weighted by molar-refractivity contribution is 5.67. The maximum Gasteiger partial charge on any atom is 0.401 e. The number of hydrogen-bond acceptors (Lipinski definition) is 3. The minimum absolute atomic E-state index is 0.187. The normalized spacial score (nSPS) is 14.3. The van der Waals surface area contributed by atoms with Gasteiger partial charge in [0.1, 0.15) is 0 Å². The Kier molecular flexibility index (Phi) is 5.59. The van der Waals surface area contributed by atoms with Gasteiger partial charge in [-0.1, -0.05) is 0 Å². The molecular weight excluding hydrogens is 215 g/mol. The van der Waals surface area contributed by atoms with Crippen LogP contribution in [0.2, 0.25) is 0 Å². The summed E-state index contributed by atoms with van der Waals surface area (Å²) in [7, 11) is 0. The lowest BCUT2D eigenvalue weighted by Gasteiger charge is -2.28. The fraction of sp³-hybridized carbons (Fsp3) is 0.875. The first-order valence-electron chi connectivity index (χ1n) is 4.39. The van der Waals surface area contributed by atoms with Crippen LogP contribution in [0.1, 0.15) is 13.3 Å². The highest BCUT2D eigenvalue weighted by atomic mass is 19.4. The standard InChI is InChI=1S/C8H14F3NO3/c1-6(4-7(14)15)12(2-3-13)5-8(9,10)11/h6,13H,2-5H2,1H3,(H,14,15). The Hall–Kier alpha value is -0.820. The van der Waals surface area contributed by atoms with Gasteiger partial charge in [-0.25, -0.2) is 0 Å². The molecule has 15 heavy (non-hydrogen) atoms. The third-order valence-electron chi connectivity index (χ3n) is 1.86. The Balaban J connectivity index is 4.30. The Morgan fingerprint density at radius 1 is 1.47 bits per heavy atom. The van der Waals surface area contributed by atoms with E-state index in [2.05, 4.69) is 0 Å². The van der Waals surface area contributed by atoms with Gasteiger partial charge in [0.2, 0.25) is 0 Å². The maximum absolute atomic E-state index is 12.1. The summed E-state index contributed by atoms with van der Waals surface area (Å²) in [6.07, 6.45) is -4.77. The molecule has 0 aliphatic rings. The van der Waals surface area contributed by atoms with E-state index in [9.17, 15) is 18.0 Å². The van der Waals surface area contributed by atoms with E-state index < -0.39 is 31.3 Å². The van der Waals surface area contributed by atoms with Gasteiger partial charge in [-0.2, -0.15) is 13.2 Å². The van der Waals surface area contributed by atoms with Crippen LogP contribution in [-0.4, -0.2) is 53.0 Å². The van der Waals surface area contributed by atoms with Gasteiger partial charge in [-0.3, -0.25) is 9.69 Å². The molecule has 0 aromatic rings. The second-order valence-electron chi connectivity index (χ2n) is 3.26. The molecule has 0 aliphatic carbocycles. The van der Waals surface area contributed by atoms with Gasteiger partial charge in [0, 0.05) is 12.6 Å². The maximum atomic E-state index is 12.1. The minimum Gasteiger partial charge on any atom is -0.481 e. The Labute approximate surface area is 85.3 Å². The third kappa shape index (κ3) is 7.15. The zero-order valence-corrected chi connectivity index (χ0v) is 8.29. The molecule has 7 heteroatoms. The summed E-state index contributed by atoms with van der Waals surface area (Å²) < 4.78 is 36.2. The number of alkyl halides is 3. The van der Waals surface area contributed by atoms with Crippen molar-refractivity contribution in [3.63, 3.8) is 0 Å². The molecule has 0 saturated heterocycles. The Morgan fingerprint density at radius 3 is 2.33 bits per heavy atom. The molecule has 0 bridgehead atoms. The zero-order chi connectivity index (χ0) is 12.1. The van der Waals surface area contributed by atoms with Crippen molar-refractivity contribution in [1.82, 2.24) is 4.90 Å². The van der Waals surface area contributed by atoms with Crippen LogP contribution < -0.4 is 0 Å². The van der Waals surface area contributed by atoms with Crippen molar-refractivity contribution in [2.45, 2.75) is 25.6 Å². The molecular formula is C8H14F3NO3. The average molecular weight is 229 g/mol. The summed E-state index contributed by atoms with van der Waals surface area (Å²) in [5.41, 5.74) is 0. The van der Waals surface area contributed by atoms with E-state index in [1.807, 2.05) is 0 Å². The van der Waals surface area contributed by atoms with E-state index in [-0.39, 0.29) is 13.0 Å². The summed E-state index contributed by atoms with van der Waals surface area (Å²) in [6.45, 7) is -0.439. The monoisotopic (exact) mass is 229 g/mol. The van der Waals surface area contributed by atoms with E-state index in [0.29, 0.717) is 0 Å². The summed E-state index contributed by atoms with van der Waals surface area (Å²) in [5.74, 6) is -1.16. The highest BCUT2D eigenvalue weighted by Crippen LogP contribution is 2.18. The van der Waals surface area contributed by atoms with Crippen molar-refractivity contribution in [2.75, 3.05) is 19.7 Å². The van der Waals surface area contributed by atoms with Crippen molar-refractivity contribution < 1.29 is 28.2 Å². The van der Waals surface area contributed by atoms with Crippen LogP contribution in [0.5, 0.6) is 0 Å². The Morgan fingerprint density at radius 2 is 2.00 bits per heavy atom. The lowest BCUT2D eigenvalue weighted by atomic mass is 10.2. The second kappa shape index (κ2) is 5.92. The van der Waals surface area contributed by atoms with Gasteiger partial charge in [0.15, 0.2) is 0 Å². The minimum atomic E-state index is -4.39. The van der Waals surface area contributed by atoms with Crippen molar-refractivity contribution in [1.29, 1.82) is 0 Å². The third-order valence-corrected chi connectivity index (χ3v) is 1.86. The number of aliphatic hydroxyl groups is 1. The van der Waals surface area contributed by atoms with Gasteiger partial charge in [0.05, 0.1) is 19.6 Å². The molecule has 1 atom stereocenters. The van der Waals surface area contributed by atoms with Gasteiger partial charge in [-0.15, -0.1) is 0 Å². The molecule has 2 N–H and O–H groups in total. The fourth-order valence-electron chi connectivity index (χ4n) is 1.20. The summed E-state index contributed by atoms with van der Waals surface area (Å²) >= 11 is 0. The predicted octanol–water partition coefficient (Wildman–Crippen LogP) is 0.706. The molecule has 0 saturated carbocycles. The van der Waals surface area contributed by atoms with Crippen LogP contribution in [0.25, 0.3) is 0 Å². The molecule has 0 spiro atoms. The first-order chi connectivity index (χ1) is 6.76. The molecule has 90 valence electrons. The average Bonchev–Trinajstić information content (AvgIpc) is 1.99. The van der Waals surface area contributed by atoms with Crippen LogP contribution in [0.3, 0.4) is 0 Å². The van der Waals surface area contributed by atoms with Crippen LogP contribution >= 0.6 is 0 Å². The molecule has 1 unspecified atom stereocenters. The van der Waals surface area contributed by atoms with Gasteiger partial charge in [0.25, 0.3) is 0 Å². The zero-order valence-electron chi connectivity index (χ0n) is 8.29. The number of rotatable bonds is 6. The number of aliphatic hydroxyl groups excluding tert-OH is 1. The predicted molar refractivity (Wildman–Crippen MR) is 46.4 cm³/mol. The number of carbonyl (C=O) groups is 1. The summed E-state index contributed by atoms with van der Waals surface area (Å²) in [5, 5.41) is 17.0. The van der Waals surface area contributed by atoms with E-state index >= 15 is 0 Å². The number of carboxylic acid groups (broad SMARTS) is 1. The van der Waals surface area contributed by atoms with Crippen molar-refractivity contribution in [3.8, 4) is 0 Å². The van der Waals surface area contributed by atoms with Crippen LogP contribution in [0.4, 0.5) is 13.2 Å². The molecule has 0 aromatic carbocycles. The van der Waals surface area contributed by atoms with E-state index in [4.69, 9.17) is 10.2 Å². The van der Waals surface area contributed by atoms with Crippen LogP contribution in [0.15, 0.2) is 0 Å². The van der Waals surface area contributed by atoms with Crippen molar-refractivity contribution in [3.05, 3.63) is 0 Å². The molecule has 0 amide bonds. The molecule has 0 radical (unpaired) electrons. The quantitative estimate of drug-likeness (QED) is 0.704. The first-order valence-corrected chi connectivity index (χ1v) is 4.39. The molecule has 0 aliphatic heterocycles. The van der Waals surface area contributed by atoms with Gasteiger partial charge < -0.3 is 10.2 Å². The van der Waals surface area contributed by atoms with Crippen molar-refractivity contribution in [2.24, 2.45) is 0 Å². The fourth-order valence-corrected chi connectivity index (χ4v) is 1.20. The molecule has 0 heterocycles. The van der Waals surface area contributed by atoms with Crippen molar-refractivity contribution >= 4 is 5.97 Å². The smallest absolute Gasteiger partial charge is 0.401 e. The van der Waals surface area contributed by atoms with E-state index in [0.717, 1.165) is 4.90 Å². The molecule has 0 fully saturated rings. The lowest BCUT2D eigenvalue weighted by molar-refractivity contribution is -0.155. The van der Waals surface area contributed by atoms with Gasteiger partial charge in [-0.05, 0) is 6.92 Å². The highest BCUT2D eigenvalue weighted by Gasteiger charge is 2.32. The molecule has 0 aromatic heterocycles. The number of hydrogen-bond donors (Lipinski definition) is 2. The second-order valence-corrected chi connectivity index (χ2v) is 3.26. The summed E-state index contributed by atoms with van der Waals surface area (Å²) in [6, 6.07) is -0.753. The molecule has 4 nitrogen and oxygen atoms in total. The molecule has 0 rings (SSSR count). The van der Waals surface area contributed by atoms with Gasteiger partial charge >= 0.3 is 12.1 Å². The lowest BCUT2D eigenvalue weighted by Crippen LogP contribution is -2.42. The SMILES string of the molecule is CC(CC(=O)O)N(CCO)CC(F)(F)F. The Bertz CT molecular complexity index is 208. The van der Waals surface area contributed by atoms with E-state index in [1.165, 1.54) is 6.92 Å². The number of carboxylic acids is 1. The first kappa shape index (κ1) is 14.2. The van der Waals surface area contributed by atoms with Crippen LogP contribution in [-0.2, 0) is 4.79 Å². The van der Waals surface area contributed by atoms with Crippen LogP contribution in [0, 0.1) is 0 Å². The number of nitrogens with zero attached hydrogens (tertiary/aromatic N) is 1. The topological polar surface area (TPSA) is 60.8 Å².